The topological polar surface area (TPSA) is 72.7 Å². The predicted molar refractivity (Wildman–Crippen MR) is 87.5 cm³/mol. The van der Waals surface area contributed by atoms with Gasteiger partial charge in [-0.15, -0.1) is 5.10 Å². The van der Waals surface area contributed by atoms with E-state index >= 15 is 0 Å². The first-order chi connectivity index (χ1) is 12.4. The predicted octanol–water partition coefficient (Wildman–Crippen LogP) is 3.25. The Labute approximate surface area is 146 Å². The van der Waals surface area contributed by atoms with Crippen LogP contribution in [0.3, 0.4) is 0 Å². The van der Waals surface area contributed by atoms with Gasteiger partial charge >= 0.3 is 12.1 Å². The molecule has 0 fully saturated rings. The first-order valence-electron chi connectivity index (χ1n) is 8.09. The molecule has 0 bridgehead atoms. The summed E-state index contributed by atoms with van der Waals surface area (Å²) in [4.78, 5) is 19.5. The lowest BCUT2D eigenvalue weighted by molar-refractivity contribution is -0.167. The molecule has 1 aliphatic rings. The molecule has 0 saturated carbocycles. The van der Waals surface area contributed by atoms with Gasteiger partial charge in [0.1, 0.15) is 5.82 Å². The Hall–Kier alpha value is -2.97. The fraction of sp³-hybridized carbons (Fsp3) is 0.294. The fourth-order valence-corrected chi connectivity index (χ4v) is 3.20. The highest BCUT2D eigenvalue weighted by molar-refractivity contribution is 5.93. The first-order valence-corrected chi connectivity index (χ1v) is 8.09. The number of benzene rings is 1. The monoisotopic (exact) mass is 361 g/mol. The van der Waals surface area contributed by atoms with Gasteiger partial charge in [0.25, 0.3) is 0 Å². The lowest BCUT2D eigenvalue weighted by Crippen LogP contribution is -2.30. The number of hydrogen-bond donors (Lipinski definition) is 1. The zero-order valence-corrected chi connectivity index (χ0v) is 13.5. The molecule has 0 saturated heterocycles. The summed E-state index contributed by atoms with van der Waals surface area (Å²) >= 11 is 0. The minimum Gasteiger partial charge on any atom is -0.285 e. The summed E-state index contributed by atoms with van der Waals surface area (Å²) < 4.78 is 38.8. The fourth-order valence-electron chi connectivity index (χ4n) is 3.20. The van der Waals surface area contributed by atoms with Crippen LogP contribution in [0.1, 0.15) is 30.1 Å². The van der Waals surface area contributed by atoms with Gasteiger partial charge in [0.2, 0.25) is 5.95 Å². The molecule has 2 aromatic heterocycles. The van der Waals surface area contributed by atoms with E-state index < -0.39 is 12.1 Å². The molecule has 26 heavy (non-hydrogen) atoms. The van der Waals surface area contributed by atoms with Gasteiger partial charge in [-0.05, 0) is 36.6 Å². The van der Waals surface area contributed by atoms with Crippen molar-refractivity contribution in [1.82, 2.24) is 19.7 Å². The van der Waals surface area contributed by atoms with Gasteiger partial charge in [-0.2, -0.15) is 18.2 Å². The number of carbonyl (C=O) groups excluding carboxylic acids is 1. The van der Waals surface area contributed by atoms with Crippen LogP contribution < -0.4 is 5.32 Å². The Kier molecular flexibility index (Phi) is 3.86. The number of halogens is 3. The van der Waals surface area contributed by atoms with Crippen molar-refractivity contribution in [2.75, 3.05) is 5.32 Å². The van der Waals surface area contributed by atoms with Crippen LogP contribution in [0, 0.1) is 0 Å². The molecule has 1 unspecified atom stereocenters. The van der Waals surface area contributed by atoms with Crippen molar-refractivity contribution < 1.29 is 18.0 Å². The van der Waals surface area contributed by atoms with Gasteiger partial charge < -0.3 is 0 Å². The third-order valence-electron chi connectivity index (χ3n) is 4.39. The molecular formula is C17H14F3N5O. The Morgan fingerprint density at radius 2 is 2.12 bits per heavy atom. The number of alkyl halides is 3. The third-order valence-corrected chi connectivity index (χ3v) is 4.39. The second-order valence-electron chi connectivity index (χ2n) is 6.12. The molecule has 1 N–H and O–H groups in total. The largest absolute Gasteiger partial charge is 0.471 e. The smallest absolute Gasteiger partial charge is 0.285 e. The van der Waals surface area contributed by atoms with Crippen LogP contribution in [-0.2, 0) is 11.3 Å². The summed E-state index contributed by atoms with van der Waals surface area (Å²) in [6.07, 6.45) is -1.64. The number of nitrogens with zero attached hydrogens (tertiary/aromatic N) is 4. The van der Waals surface area contributed by atoms with Gasteiger partial charge in [0.15, 0.2) is 0 Å². The number of aromatic nitrogens is 4. The van der Waals surface area contributed by atoms with Gasteiger partial charge in [0.05, 0.1) is 5.52 Å². The van der Waals surface area contributed by atoms with E-state index in [2.05, 4.69) is 15.1 Å². The van der Waals surface area contributed by atoms with Crippen LogP contribution in [-0.4, -0.2) is 31.8 Å². The van der Waals surface area contributed by atoms with Crippen LogP contribution in [0.2, 0.25) is 0 Å². The number of aryl methyl sites for hydroxylation is 1. The third kappa shape index (κ3) is 3.00. The summed E-state index contributed by atoms with van der Waals surface area (Å²) in [5.41, 5.74) is 1.86. The summed E-state index contributed by atoms with van der Waals surface area (Å²) in [7, 11) is 0. The quantitative estimate of drug-likeness (QED) is 0.760. The Morgan fingerprint density at radius 3 is 2.92 bits per heavy atom. The molecular weight excluding hydrogens is 347 g/mol. The normalized spacial score (nSPS) is 17.1. The lowest BCUT2D eigenvalue weighted by atomic mass is 9.90. The van der Waals surface area contributed by atoms with Crippen molar-refractivity contribution >= 4 is 22.8 Å². The Morgan fingerprint density at radius 1 is 1.27 bits per heavy atom. The number of nitrogens with one attached hydrogen (secondary N) is 1. The second kappa shape index (κ2) is 6.08. The van der Waals surface area contributed by atoms with E-state index in [-0.39, 0.29) is 11.9 Å². The van der Waals surface area contributed by atoms with E-state index in [1.807, 2.05) is 30.3 Å². The number of anilines is 1. The number of carbonyl (C=O) groups is 1. The number of rotatable bonds is 2. The van der Waals surface area contributed by atoms with Crippen LogP contribution in [0.15, 0.2) is 36.5 Å². The highest BCUT2D eigenvalue weighted by Gasteiger charge is 2.39. The van der Waals surface area contributed by atoms with Crippen molar-refractivity contribution in [3.63, 3.8) is 0 Å². The van der Waals surface area contributed by atoms with Crippen LogP contribution in [0.5, 0.6) is 0 Å². The van der Waals surface area contributed by atoms with Crippen LogP contribution >= 0.6 is 0 Å². The SMILES string of the molecule is O=C(Nc1nc2n(n1)CCCC2c1ccc2ncccc2c1)C(F)(F)F. The maximum absolute atomic E-state index is 12.4. The molecule has 1 atom stereocenters. The van der Waals surface area contributed by atoms with E-state index in [0.717, 1.165) is 29.3 Å². The minimum absolute atomic E-state index is 0.0996. The molecule has 4 rings (SSSR count). The molecule has 3 heterocycles. The lowest BCUT2D eigenvalue weighted by Gasteiger charge is -2.22. The molecule has 3 aromatic rings. The van der Waals surface area contributed by atoms with E-state index in [9.17, 15) is 18.0 Å². The molecule has 0 spiro atoms. The average Bonchev–Trinajstić information content (AvgIpc) is 3.03. The zero-order valence-electron chi connectivity index (χ0n) is 13.5. The van der Waals surface area contributed by atoms with Crippen LogP contribution in [0.25, 0.3) is 10.9 Å². The average molecular weight is 361 g/mol. The van der Waals surface area contributed by atoms with E-state index in [1.165, 1.54) is 0 Å². The summed E-state index contributed by atoms with van der Waals surface area (Å²) in [6, 6.07) is 9.66. The van der Waals surface area contributed by atoms with Gasteiger partial charge in [-0.25, -0.2) is 4.68 Å². The van der Waals surface area contributed by atoms with Gasteiger partial charge in [0, 0.05) is 24.0 Å². The number of hydrogen-bond acceptors (Lipinski definition) is 4. The van der Waals surface area contributed by atoms with E-state index in [4.69, 9.17) is 0 Å². The molecule has 1 aliphatic heterocycles. The van der Waals surface area contributed by atoms with Crippen molar-refractivity contribution in [3.8, 4) is 0 Å². The maximum atomic E-state index is 12.4. The van der Waals surface area contributed by atoms with Crippen molar-refractivity contribution in [2.45, 2.75) is 31.5 Å². The summed E-state index contributed by atoms with van der Waals surface area (Å²) in [6.45, 7) is 0.551. The number of pyridine rings is 1. The first kappa shape index (κ1) is 16.5. The van der Waals surface area contributed by atoms with Crippen molar-refractivity contribution in [3.05, 3.63) is 47.9 Å². The maximum Gasteiger partial charge on any atom is 0.471 e. The zero-order chi connectivity index (χ0) is 18.3. The molecule has 134 valence electrons. The van der Waals surface area contributed by atoms with Crippen molar-refractivity contribution in [2.24, 2.45) is 0 Å². The molecule has 0 aliphatic carbocycles. The van der Waals surface area contributed by atoms with Gasteiger partial charge in [-0.3, -0.25) is 15.1 Å². The molecule has 0 radical (unpaired) electrons. The van der Waals surface area contributed by atoms with E-state index in [1.54, 1.807) is 16.2 Å². The summed E-state index contributed by atoms with van der Waals surface area (Å²) in [5, 5.41) is 6.71. The Bertz CT molecular complexity index is 982. The molecule has 1 aromatic carbocycles. The molecule has 1 amide bonds. The van der Waals surface area contributed by atoms with Gasteiger partial charge in [-0.1, -0.05) is 12.1 Å². The number of fused-ring (bicyclic) bond motifs is 2. The highest BCUT2D eigenvalue weighted by atomic mass is 19.4. The van der Waals surface area contributed by atoms with Crippen LogP contribution in [0.4, 0.5) is 19.1 Å². The molecule has 9 heteroatoms. The molecule has 6 nitrogen and oxygen atoms in total. The highest BCUT2D eigenvalue weighted by Crippen LogP contribution is 2.34. The van der Waals surface area contributed by atoms with Crippen molar-refractivity contribution in [1.29, 1.82) is 0 Å². The Balaban J connectivity index is 1.67. The minimum atomic E-state index is -4.98. The van der Waals surface area contributed by atoms with E-state index in [0.29, 0.717) is 12.4 Å². The second-order valence-corrected chi connectivity index (χ2v) is 6.12. The number of amides is 1. The standard InChI is InChI=1S/C17H14F3N5O/c18-17(19,20)15(26)23-16-22-14-12(4-2-8-25(14)24-16)10-5-6-13-11(9-10)3-1-7-21-13/h1,3,5-7,9,12H,2,4,8H2,(H,23,24,26). The summed E-state index contributed by atoms with van der Waals surface area (Å²) in [5.74, 6) is -1.94.